The zero-order valence-electron chi connectivity index (χ0n) is 12.2. The molecule has 6 heteroatoms. The molecule has 2 amide bonds. The van der Waals surface area contributed by atoms with Crippen LogP contribution in [0, 0.1) is 0 Å². The van der Waals surface area contributed by atoms with Crippen molar-refractivity contribution in [2.24, 2.45) is 0 Å². The third kappa shape index (κ3) is 3.00. The Labute approximate surface area is 123 Å². The minimum Gasteiger partial charge on any atom is -0.342 e. The highest BCUT2D eigenvalue weighted by Gasteiger charge is 2.39. The van der Waals surface area contributed by atoms with Crippen molar-refractivity contribution in [1.82, 2.24) is 15.2 Å². The van der Waals surface area contributed by atoms with Crippen molar-refractivity contribution in [3.63, 3.8) is 0 Å². The van der Waals surface area contributed by atoms with Crippen LogP contribution in [0.4, 0.5) is 0 Å². The first-order valence-electron chi connectivity index (χ1n) is 7.02. The summed E-state index contributed by atoms with van der Waals surface area (Å²) in [6.07, 6.45) is 3.77. The quantitative estimate of drug-likeness (QED) is 0.920. The average Bonchev–Trinajstić information content (AvgIpc) is 2.86. The molecule has 1 atom stereocenters. The lowest BCUT2D eigenvalue weighted by Crippen LogP contribution is -2.54. The Balaban J connectivity index is 2.17. The van der Waals surface area contributed by atoms with E-state index < -0.39 is 5.54 Å². The molecular weight excluding hydrogens is 274 g/mol. The van der Waals surface area contributed by atoms with Gasteiger partial charge in [0.2, 0.25) is 11.8 Å². The van der Waals surface area contributed by atoms with Gasteiger partial charge in [0.1, 0.15) is 10.5 Å². The van der Waals surface area contributed by atoms with Crippen molar-refractivity contribution < 1.29 is 9.59 Å². The van der Waals surface area contributed by atoms with E-state index in [1.807, 2.05) is 13.1 Å². The van der Waals surface area contributed by atoms with Crippen molar-refractivity contribution in [2.45, 2.75) is 52.1 Å². The Morgan fingerprint density at radius 2 is 2.20 bits per heavy atom. The van der Waals surface area contributed by atoms with Crippen molar-refractivity contribution in [3.05, 3.63) is 16.1 Å². The number of rotatable bonds is 4. The highest BCUT2D eigenvalue weighted by atomic mass is 32.1. The summed E-state index contributed by atoms with van der Waals surface area (Å²) in [6, 6.07) is 0. The van der Waals surface area contributed by atoms with E-state index in [9.17, 15) is 9.59 Å². The largest absolute Gasteiger partial charge is 0.342 e. The SMILES string of the molecule is CCc1cnc(CN2CCC(=O)NC(C)(CC)C2=O)s1. The minimum atomic E-state index is -0.793. The van der Waals surface area contributed by atoms with Gasteiger partial charge in [-0.1, -0.05) is 13.8 Å². The lowest BCUT2D eigenvalue weighted by atomic mass is 9.97. The zero-order valence-corrected chi connectivity index (χ0v) is 13.0. The van der Waals surface area contributed by atoms with Crippen LogP contribution in [0.2, 0.25) is 0 Å². The number of aromatic nitrogens is 1. The molecule has 1 fully saturated rings. The third-order valence-corrected chi connectivity index (χ3v) is 4.89. The van der Waals surface area contributed by atoms with Gasteiger partial charge >= 0.3 is 0 Å². The van der Waals surface area contributed by atoms with E-state index in [0.717, 1.165) is 11.4 Å². The monoisotopic (exact) mass is 295 g/mol. The van der Waals surface area contributed by atoms with Crippen molar-refractivity contribution >= 4 is 23.2 Å². The van der Waals surface area contributed by atoms with Gasteiger partial charge in [-0.2, -0.15) is 0 Å². The lowest BCUT2D eigenvalue weighted by molar-refractivity contribution is -0.138. The molecule has 1 saturated heterocycles. The molecular formula is C14H21N3O2S. The molecule has 0 aliphatic carbocycles. The second kappa shape index (κ2) is 5.91. The number of nitrogens with one attached hydrogen (secondary N) is 1. The molecule has 0 aromatic carbocycles. The Morgan fingerprint density at radius 3 is 2.80 bits per heavy atom. The molecule has 0 spiro atoms. The third-order valence-electron chi connectivity index (χ3n) is 3.77. The smallest absolute Gasteiger partial charge is 0.248 e. The number of hydrogen-bond donors (Lipinski definition) is 1. The second-order valence-corrected chi connectivity index (χ2v) is 6.48. The highest BCUT2D eigenvalue weighted by molar-refractivity contribution is 7.11. The van der Waals surface area contributed by atoms with Gasteiger partial charge in [0.25, 0.3) is 0 Å². The number of thiazole rings is 1. The minimum absolute atomic E-state index is 0.0147. The molecule has 5 nitrogen and oxygen atoms in total. The van der Waals surface area contributed by atoms with Gasteiger partial charge < -0.3 is 10.2 Å². The fourth-order valence-electron chi connectivity index (χ4n) is 2.25. The summed E-state index contributed by atoms with van der Waals surface area (Å²) in [6.45, 7) is 6.76. The summed E-state index contributed by atoms with van der Waals surface area (Å²) in [5, 5.41) is 3.77. The average molecular weight is 295 g/mol. The van der Waals surface area contributed by atoms with Gasteiger partial charge in [-0.25, -0.2) is 4.98 Å². The molecule has 1 unspecified atom stereocenters. The number of hydrogen-bond acceptors (Lipinski definition) is 4. The summed E-state index contributed by atoms with van der Waals surface area (Å²) in [5.41, 5.74) is -0.793. The molecule has 0 saturated carbocycles. The highest BCUT2D eigenvalue weighted by Crippen LogP contribution is 2.21. The van der Waals surface area contributed by atoms with Crippen LogP contribution in [0.25, 0.3) is 0 Å². The van der Waals surface area contributed by atoms with Crippen LogP contribution >= 0.6 is 11.3 Å². The topological polar surface area (TPSA) is 62.3 Å². The first-order chi connectivity index (χ1) is 9.48. The fraction of sp³-hybridized carbons (Fsp3) is 0.643. The van der Waals surface area contributed by atoms with Gasteiger partial charge in [0.15, 0.2) is 0 Å². The predicted molar refractivity (Wildman–Crippen MR) is 78.4 cm³/mol. The maximum absolute atomic E-state index is 12.6. The van der Waals surface area contributed by atoms with E-state index in [1.165, 1.54) is 4.88 Å². The van der Waals surface area contributed by atoms with Crippen LogP contribution in [0.15, 0.2) is 6.20 Å². The first kappa shape index (κ1) is 15.0. The van der Waals surface area contributed by atoms with Crippen molar-refractivity contribution in [2.75, 3.05) is 6.54 Å². The molecule has 2 rings (SSSR count). The predicted octanol–water partition coefficient (Wildman–Crippen LogP) is 1.72. The molecule has 1 aromatic rings. The van der Waals surface area contributed by atoms with Crippen LogP contribution in [0.1, 0.15) is 43.5 Å². The van der Waals surface area contributed by atoms with E-state index in [1.54, 1.807) is 23.2 Å². The summed E-state index contributed by atoms with van der Waals surface area (Å²) >= 11 is 1.63. The van der Waals surface area contributed by atoms with E-state index in [4.69, 9.17) is 0 Å². The standard InChI is InChI=1S/C14H21N3O2S/c1-4-10-8-15-12(20-10)9-17-7-6-11(18)16-14(3,5-2)13(17)19/h8H,4-7,9H2,1-3H3,(H,16,18). The summed E-state index contributed by atoms with van der Waals surface area (Å²) in [4.78, 5) is 31.7. The lowest BCUT2D eigenvalue weighted by Gasteiger charge is -2.30. The molecule has 2 heterocycles. The van der Waals surface area contributed by atoms with Crippen LogP contribution < -0.4 is 5.32 Å². The maximum atomic E-state index is 12.6. The Bertz CT molecular complexity index is 514. The van der Waals surface area contributed by atoms with Crippen LogP contribution in [0.3, 0.4) is 0 Å². The maximum Gasteiger partial charge on any atom is 0.248 e. The number of aryl methyl sites for hydroxylation is 1. The Hall–Kier alpha value is -1.43. The molecule has 1 aromatic heterocycles. The van der Waals surface area contributed by atoms with E-state index >= 15 is 0 Å². The number of carbonyl (C=O) groups excluding carboxylic acids is 2. The first-order valence-corrected chi connectivity index (χ1v) is 7.84. The molecule has 110 valence electrons. The van der Waals surface area contributed by atoms with Crippen LogP contribution in [0.5, 0.6) is 0 Å². The second-order valence-electron chi connectivity index (χ2n) is 5.28. The summed E-state index contributed by atoms with van der Waals surface area (Å²) < 4.78 is 0. The molecule has 1 aliphatic rings. The van der Waals surface area contributed by atoms with E-state index in [2.05, 4.69) is 17.2 Å². The van der Waals surface area contributed by atoms with Crippen molar-refractivity contribution in [1.29, 1.82) is 0 Å². The van der Waals surface area contributed by atoms with Gasteiger partial charge in [-0.15, -0.1) is 11.3 Å². The van der Waals surface area contributed by atoms with E-state index in [0.29, 0.717) is 25.9 Å². The zero-order chi connectivity index (χ0) is 14.8. The Kier molecular flexibility index (Phi) is 4.42. The molecule has 1 N–H and O–H groups in total. The van der Waals surface area contributed by atoms with Crippen LogP contribution in [-0.2, 0) is 22.6 Å². The van der Waals surface area contributed by atoms with Gasteiger partial charge in [0.05, 0.1) is 6.54 Å². The fourth-order valence-corrected chi connectivity index (χ4v) is 3.13. The number of nitrogens with zero attached hydrogens (tertiary/aromatic N) is 2. The Morgan fingerprint density at radius 1 is 1.45 bits per heavy atom. The summed E-state index contributed by atoms with van der Waals surface area (Å²) in [5.74, 6) is -0.0716. The number of amides is 2. The summed E-state index contributed by atoms with van der Waals surface area (Å²) in [7, 11) is 0. The van der Waals surface area contributed by atoms with Gasteiger partial charge in [-0.05, 0) is 19.8 Å². The van der Waals surface area contributed by atoms with Gasteiger partial charge in [0, 0.05) is 24.0 Å². The normalized spacial score (nSPS) is 23.6. The molecule has 0 bridgehead atoms. The van der Waals surface area contributed by atoms with Crippen LogP contribution in [-0.4, -0.2) is 33.8 Å². The van der Waals surface area contributed by atoms with Crippen molar-refractivity contribution in [3.8, 4) is 0 Å². The molecule has 0 radical (unpaired) electrons. The number of carbonyl (C=O) groups is 2. The molecule has 20 heavy (non-hydrogen) atoms. The molecule has 1 aliphatic heterocycles. The van der Waals surface area contributed by atoms with E-state index in [-0.39, 0.29) is 11.8 Å². The van der Waals surface area contributed by atoms with Gasteiger partial charge in [-0.3, -0.25) is 9.59 Å².